The zero-order valence-electron chi connectivity index (χ0n) is 19.5. The number of hydrogen-bond acceptors (Lipinski definition) is 6. The number of aliphatic hydroxyl groups excluding tert-OH is 1. The van der Waals surface area contributed by atoms with Gasteiger partial charge in [0.2, 0.25) is 11.8 Å². The first-order valence-electron chi connectivity index (χ1n) is 12.4. The van der Waals surface area contributed by atoms with Gasteiger partial charge in [-0.05, 0) is 38.5 Å². The average Bonchev–Trinajstić information content (AvgIpc) is 3.19. The van der Waals surface area contributed by atoms with Crippen LogP contribution in [0.2, 0.25) is 0 Å². The number of thioether (sulfide) groups is 1. The molecule has 0 aromatic rings. The van der Waals surface area contributed by atoms with Gasteiger partial charge in [0.1, 0.15) is 6.04 Å². The first-order valence-corrected chi connectivity index (χ1v) is 13.3. The van der Waals surface area contributed by atoms with Crippen LogP contribution in [0.3, 0.4) is 0 Å². The van der Waals surface area contributed by atoms with E-state index in [9.17, 15) is 19.5 Å². The molecule has 0 aromatic carbocycles. The predicted octanol–water partition coefficient (Wildman–Crippen LogP) is 2.54. The lowest BCUT2D eigenvalue weighted by molar-refractivity contribution is -0.153. The molecule has 8 heteroatoms. The second kappa shape index (κ2) is 10.6. The standard InChI is InChI=1S/C25H36N2O5S/c1-2-3-13-26-14-10-12-25-20(22(29)27(15-7-8-16-28)21(25)23(26)30)19-18(33-25)11-6-4-5-9-17-32-24(19)31/h6,10-12,18-21,28H,2-5,7-9,13-17H2,1H3/b11-6-/t18-,19+,20-,21?,25-/m0/s1. The Morgan fingerprint density at radius 3 is 2.76 bits per heavy atom. The van der Waals surface area contributed by atoms with Gasteiger partial charge < -0.3 is 19.6 Å². The Balaban J connectivity index is 1.74. The Labute approximate surface area is 200 Å². The predicted molar refractivity (Wildman–Crippen MR) is 127 cm³/mol. The normalized spacial score (nSPS) is 35.0. The molecule has 1 unspecified atom stereocenters. The van der Waals surface area contributed by atoms with Crippen LogP contribution >= 0.6 is 11.8 Å². The van der Waals surface area contributed by atoms with Crippen LogP contribution in [0.25, 0.3) is 0 Å². The molecule has 4 aliphatic rings. The molecule has 2 fully saturated rings. The molecule has 5 atom stereocenters. The molecule has 4 aliphatic heterocycles. The van der Waals surface area contributed by atoms with Crippen LogP contribution in [0.5, 0.6) is 0 Å². The summed E-state index contributed by atoms with van der Waals surface area (Å²) in [6.45, 7) is 4.12. The number of likely N-dealkylation sites (tertiary alicyclic amines) is 1. The number of fused-ring (bicyclic) bond motifs is 2. The maximum Gasteiger partial charge on any atom is 0.311 e. The number of aliphatic hydroxyl groups is 1. The molecule has 1 spiro atoms. The van der Waals surface area contributed by atoms with Crippen molar-refractivity contribution in [2.24, 2.45) is 11.8 Å². The van der Waals surface area contributed by atoms with Crippen molar-refractivity contribution in [3.8, 4) is 0 Å². The van der Waals surface area contributed by atoms with E-state index in [0.29, 0.717) is 39.1 Å². The molecule has 2 saturated heterocycles. The third-order valence-electron chi connectivity index (χ3n) is 7.27. The number of hydrogen-bond donors (Lipinski definition) is 1. The number of rotatable bonds is 7. The second-order valence-electron chi connectivity index (χ2n) is 9.44. The molecule has 7 nitrogen and oxygen atoms in total. The number of amides is 2. The van der Waals surface area contributed by atoms with Crippen molar-refractivity contribution in [1.82, 2.24) is 9.80 Å². The second-order valence-corrected chi connectivity index (χ2v) is 10.9. The molecular weight excluding hydrogens is 440 g/mol. The van der Waals surface area contributed by atoms with Gasteiger partial charge >= 0.3 is 5.97 Å². The molecule has 0 bridgehead atoms. The van der Waals surface area contributed by atoms with Gasteiger partial charge in [-0.3, -0.25) is 14.4 Å². The van der Waals surface area contributed by atoms with Crippen molar-refractivity contribution in [3.63, 3.8) is 0 Å². The Hall–Kier alpha value is -1.80. The number of nitrogens with zero attached hydrogens (tertiary/aromatic N) is 2. The SMILES string of the molecule is CCCCN1CC=C[C@]23S[C@H]4/C=C\CCCCOC(=O)[C@H]4[C@H]2C(=O)N(CCCCO)C3C1=O. The van der Waals surface area contributed by atoms with Crippen LogP contribution in [0.1, 0.15) is 51.9 Å². The summed E-state index contributed by atoms with van der Waals surface area (Å²) in [6, 6.07) is -0.631. The van der Waals surface area contributed by atoms with E-state index in [4.69, 9.17) is 4.74 Å². The van der Waals surface area contributed by atoms with E-state index in [-0.39, 0.29) is 29.6 Å². The fourth-order valence-corrected chi connectivity index (χ4v) is 7.65. The lowest BCUT2D eigenvalue weighted by atomic mass is 9.78. The fraction of sp³-hybridized carbons (Fsp3) is 0.720. The van der Waals surface area contributed by atoms with Gasteiger partial charge in [-0.25, -0.2) is 0 Å². The van der Waals surface area contributed by atoms with Crippen molar-refractivity contribution in [3.05, 3.63) is 24.3 Å². The van der Waals surface area contributed by atoms with E-state index in [1.54, 1.807) is 16.7 Å². The van der Waals surface area contributed by atoms with Gasteiger partial charge in [-0.1, -0.05) is 37.6 Å². The summed E-state index contributed by atoms with van der Waals surface area (Å²) in [5, 5.41) is 9.08. The van der Waals surface area contributed by atoms with Gasteiger partial charge in [0.15, 0.2) is 0 Å². The largest absolute Gasteiger partial charge is 0.465 e. The minimum atomic E-state index is -0.777. The maximum atomic E-state index is 13.9. The van der Waals surface area contributed by atoms with Gasteiger partial charge in [-0.2, -0.15) is 0 Å². The third kappa shape index (κ3) is 4.48. The van der Waals surface area contributed by atoms with Crippen molar-refractivity contribution in [1.29, 1.82) is 0 Å². The molecule has 2 amide bonds. The Morgan fingerprint density at radius 1 is 1.12 bits per heavy atom. The quantitative estimate of drug-likeness (QED) is 0.345. The molecule has 33 heavy (non-hydrogen) atoms. The van der Waals surface area contributed by atoms with Gasteiger partial charge in [-0.15, -0.1) is 11.8 Å². The highest BCUT2D eigenvalue weighted by molar-refractivity contribution is 8.02. The maximum absolute atomic E-state index is 13.9. The summed E-state index contributed by atoms with van der Waals surface area (Å²) < 4.78 is 4.85. The molecule has 0 aromatic heterocycles. The monoisotopic (exact) mass is 476 g/mol. The molecular formula is C25H36N2O5S. The van der Waals surface area contributed by atoms with Crippen molar-refractivity contribution < 1.29 is 24.2 Å². The number of carbonyl (C=O) groups is 3. The van der Waals surface area contributed by atoms with Crippen molar-refractivity contribution >= 4 is 29.5 Å². The summed E-state index contributed by atoms with van der Waals surface area (Å²) in [4.78, 5) is 44.6. The fourth-order valence-electron chi connectivity index (χ4n) is 5.65. The summed E-state index contributed by atoms with van der Waals surface area (Å²) >= 11 is 1.59. The minimum absolute atomic E-state index is 0.0261. The Kier molecular flexibility index (Phi) is 7.84. The molecule has 4 rings (SSSR count). The number of ether oxygens (including phenoxy) is 1. The Bertz CT molecular complexity index is 815. The van der Waals surface area contributed by atoms with Crippen LogP contribution in [0, 0.1) is 11.8 Å². The summed E-state index contributed by atoms with van der Waals surface area (Å²) in [5.41, 5.74) is 0. The van der Waals surface area contributed by atoms with Gasteiger partial charge in [0.05, 0.1) is 23.2 Å². The Morgan fingerprint density at radius 2 is 1.97 bits per heavy atom. The lowest BCUT2D eigenvalue weighted by Gasteiger charge is -2.35. The van der Waals surface area contributed by atoms with E-state index >= 15 is 0 Å². The third-order valence-corrected chi connectivity index (χ3v) is 9.02. The highest BCUT2D eigenvalue weighted by Gasteiger charge is 2.70. The van der Waals surface area contributed by atoms with E-state index in [0.717, 1.165) is 32.1 Å². The molecule has 0 radical (unpaired) electrons. The number of carbonyl (C=O) groups excluding carboxylic acids is 3. The molecule has 182 valence electrons. The highest BCUT2D eigenvalue weighted by Crippen LogP contribution is 2.60. The van der Waals surface area contributed by atoms with Gasteiger partial charge in [0.25, 0.3) is 0 Å². The van der Waals surface area contributed by atoms with E-state index in [2.05, 4.69) is 25.2 Å². The summed E-state index contributed by atoms with van der Waals surface area (Å²) in [7, 11) is 0. The van der Waals surface area contributed by atoms with Crippen LogP contribution in [0.4, 0.5) is 0 Å². The van der Waals surface area contributed by atoms with E-state index in [1.807, 2.05) is 11.0 Å². The first kappa shape index (κ1) is 24.3. The van der Waals surface area contributed by atoms with Gasteiger partial charge in [0, 0.05) is 31.5 Å². The number of unbranched alkanes of at least 4 members (excludes halogenated alkanes) is 2. The van der Waals surface area contributed by atoms with Crippen molar-refractivity contribution in [2.45, 2.75) is 67.9 Å². The van der Waals surface area contributed by atoms with E-state index in [1.165, 1.54) is 0 Å². The van der Waals surface area contributed by atoms with Crippen LogP contribution in [-0.2, 0) is 19.1 Å². The number of allylic oxidation sites excluding steroid dienone is 1. The van der Waals surface area contributed by atoms with Crippen LogP contribution < -0.4 is 0 Å². The molecule has 4 heterocycles. The number of esters is 1. The summed E-state index contributed by atoms with van der Waals surface area (Å²) in [5.74, 6) is -1.69. The van der Waals surface area contributed by atoms with Crippen LogP contribution in [-0.4, -0.2) is 81.6 Å². The van der Waals surface area contributed by atoms with E-state index < -0.39 is 22.6 Å². The van der Waals surface area contributed by atoms with Crippen LogP contribution in [0.15, 0.2) is 24.3 Å². The zero-order valence-corrected chi connectivity index (χ0v) is 20.3. The minimum Gasteiger partial charge on any atom is -0.465 e. The molecule has 0 saturated carbocycles. The average molecular weight is 477 g/mol. The zero-order chi connectivity index (χ0) is 23.4. The van der Waals surface area contributed by atoms with Crippen molar-refractivity contribution in [2.75, 3.05) is 32.8 Å². The number of cyclic esters (lactones) is 1. The topological polar surface area (TPSA) is 87.2 Å². The highest BCUT2D eigenvalue weighted by atomic mass is 32.2. The first-order chi connectivity index (χ1) is 16.0. The molecule has 1 N–H and O–H groups in total. The smallest absolute Gasteiger partial charge is 0.311 e. The summed E-state index contributed by atoms with van der Waals surface area (Å²) in [6.07, 6.45) is 14.0. The lowest BCUT2D eigenvalue weighted by Crippen LogP contribution is -2.53. The molecule has 0 aliphatic carbocycles.